The standard InChI is InChI=1S/C22H26FN5O/c1-16-13-19(25-29-16)15-27-9-7-22(8-10-27)21-24-14-20(28(21)12-11-26(22)2)17-3-5-18(23)6-4-17/h3-6,13-14H,7-12,15H2,1-2H3. The first kappa shape index (κ1) is 18.5. The molecule has 0 N–H and O–H groups in total. The first-order valence-electron chi connectivity index (χ1n) is 10.2. The third-order valence-electron chi connectivity index (χ3n) is 6.55. The van der Waals surface area contributed by atoms with Gasteiger partial charge in [-0.25, -0.2) is 9.37 Å². The van der Waals surface area contributed by atoms with Crippen molar-refractivity contribution in [1.29, 1.82) is 0 Å². The van der Waals surface area contributed by atoms with Crippen LogP contribution in [0.25, 0.3) is 11.3 Å². The maximum Gasteiger partial charge on any atom is 0.133 e. The normalized spacial score (nSPS) is 19.6. The van der Waals surface area contributed by atoms with Crippen LogP contribution < -0.4 is 0 Å². The molecule has 1 aromatic carbocycles. The molecule has 2 aromatic heterocycles. The zero-order chi connectivity index (χ0) is 20.0. The summed E-state index contributed by atoms with van der Waals surface area (Å²) in [7, 11) is 2.21. The highest BCUT2D eigenvalue weighted by Crippen LogP contribution is 2.41. The monoisotopic (exact) mass is 395 g/mol. The highest BCUT2D eigenvalue weighted by atomic mass is 19.1. The fourth-order valence-electron chi connectivity index (χ4n) is 4.87. The molecule has 0 bridgehead atoms. The maximum absolute atomic E-state index is 13.4. The smallest absolute Gasteiger partial charge is 0.133 e. The lowest BCUT2D eigenvalue weighted by Gasteiger charge is -2.49. The molecule has 0 amide bonds. The average Bonchev–Trinajstić information content (AvgIpc) is 3.34. The molecule has 0 radical (unpaired) electrons. The Morgan fingerprint density at radius 3 is 2.55 bits per heavy atom. The Morgan fingerprint density at radius 1 is 1.10 bits per heavy atom. The average molecular weight is 395 g/mol. The lowest BCUT2D eigenvalue weighted by Crippen LogP contribution is -2.56. The molecule has 5 rings (SSSR count). The van der Waals surface area contributed by atoms with Crippen molar-refractivity contribution in [2.75, 3.05) is 26.7 Å². The van der Waals surface area contributed by atoms with Crippen molar-refractivity contribution < 1.29 is 8.91 Å². The summed E-state index contributed by atoms with van der Waals surface area (Å²) < 4.78 is 20.9. The van der Waals surface area contributed by atoms with E-state index in [0.717, 1.165) is 74.1 Å². The minimum absolute atomic E-state index is 0.0488. The molecular formula is C22H26FN5O. The Balaban J connectivity index is 1.40. The van der Waals surface area contributed by atoms with E-state index in [1.165, 1.54) is 12.1 Å². The van der Waals surface area contributed by atoms with Crippen molar-refractivity contribution in [3.05, 3.63) is 59.6 Å². The summed E-state index contributed by atoms with van der Waals surface area (Å²) >= 11 is 0. The highest BCUT2D eigenvalue weighted by molar-refractivity contribution is 5.59. The van der Waals surface area contributed by atoms with Gasteiger partial charge in [0.25, 0.3) is 0 Å². The van der Waals surface area contributed by atoms with Gasteiger partial charge in [0.05, 0.1) is 23.1 Å². The fraction of sp³-hybridized carbons (Fsp3) is 0.455. The summed E-state index contributed by atoms with van der Waals surface area (Å²) in [5.41, 5.74) is 3.04. The van der Waals surface area contributed by atoms with Crippen LogP contribution in [0.1, 0.15) is 30.1 Å². The summed E-state index contributed by atoms with van der Waals surface area (Å²) in [6.07, 6.45) is 4.01. The molecule has 2 aliphatic rings. The Kier molecular flexibility index (Phi) is 4.52. The Labute approximate surface area is 169 Å². The molecule has 6 nitrogen and oxygen atoms in total. The number of benzene rings is 1. The molecular weight excluding hydrogens is 369 g/mol. The minimum atomic E-state index is -0.210. The van der Waals surface area contributed by atoms with Crippen molar-refractivity contribution in [3.63, 3.8) is 0 Å². The second kappa shape index (κ2) is 7.07. The van der Waals surface area contributed by atoms with Gasteiger partial charge in [-0.1, -0.05) is 5.16 Å². The van der Waals surface area contributed by atoms with Crippen LogP contribution in [-0.2, 0) is 18.6 Å². The van der Waals surface area contributed by atoms with Gasteiger partial charge in [0.15, 0.2) is 0 Å². The predicted octanol–water partition coefficient (Wildman–Crippen LogP) is 3.42. The molecule has 0 atom stereocenters. The van der Waals surface area contributed by atoms with E-state index in [9.17, 15) is 4.39 Å². The van der Waals surface area contributed by atoms with Crippen molar-refractivity contribution in [2.45, 2.75) is 38.4 Å². The van der Waals surface area contributed by atoms with Crippen LogP contribution in [-0.4, -0.2) is 51.2 Å². The predicted molar refractivity (Wildman–Crippen MR) is 108 cm³/mol. The molecule has 152 valence electrons. The number of imidazole rings is 1. The zero-order valence-electron chi connectivity index (χ0n) is 16.9. The third kappa shape index (κ3) is 3.18. The molecule has 1 fully saturated rings. The summed E-state index contributed by atoms with van der Waals surface area (Å²) in [5.74, 6) is 1.79. The van der Waals surface area contributed by atoms with E-state index in [1.807, 2.05) is 31.3 Å². The lowest BCUT2D eigenvalue weighted by atomic mass is 9.83. The van der Waals surface area contributed by atoms with Crippen molar-refractivity contribution in [1.82, 2.24) is 24.5 Å². The van der Waals surface area contributed by atoms with Crippen LogP contribution in [0.4, 0.5) is 4.39 Å². The number of rotatable bonds is 3. The summed E-state index contributed by atoms with van der Waals surface area (Å²) in [6.45, 7) is 6.63. The van der Waals surface area contributed by atoms with Crippen molar-refractivity contribution in [3.8, 4) is 11.3 Å². The topological polar surface area (TPSA) is 50.3 Å². The third-order valence-corrected chi connectivity index (χ3v) is 6.55. The second-order valence-electron chi connectivity index (χ2n) is 8.28. The molecule has 7 heteroatoms. The van der Waals surface area contributed by atoms with Crippen molar-refractivity contribution >= 4 is 0 Å². The number of halogens is 1. The van der Waals surface area contributed by atoms with E-state index < -0.39 is 0 Å². The maximum atomic E-state index is 13.4. The van der Waals surface area contributed by atoms with E-state index in [-0.39, 0.29) is 11.4 Å². The first-order chi connectivity index (χ1) is 14.0. The van der Waals surface area contributed by atoms with Crippen molar-refractivity contribution in [2.24, 2.45) is 0 Å². The van der Waals surface area contributed by atoms with Gasteiger partial charge in [-0.15, -0.1) is 0 Å². The van der Waals surface area contributed by atoms with Gasteiger partial charge in [-0.2, -0.15) is 0 Å². The zero-order valence-corrected chi connectivity index (χ0v) is 16.9. The molecule has 1 saturated heterocycles. The van der Waals surface area contributed by atoms with Gasteiger partial charge in [-0.05, 0) is 56.6 Å². The van der Waals surface area contributed by atoms with Gasteiger partial charge >= 0.3 is 0 Å². The molecule has 4 heterocycles. The molecule has 1 spiro atoms. The second-order valence-corrected chi connectivity index (χ2v) is 8.28. The van der Waals surface area contributed by atoms with Crippen LogP contribution >= 0.6 is 0 Å². The number of nitrogens with zero attached hydrogens (tertiary/aromatic N) is 5. The quantitative estimate of drug-likeness (QED) is 0.680. The number of fused-ring (bicyclic) bond motifs is 2. The number of aromatic nitrogens is 3. The fourth-order valence-corrected chi connectivity index (χ4v) is 4.87. The van der Waals surface area contributed by atoms with Crippen LogP contribution in [0, 0.1) is 12.7 Å². The largest absolute Gasteiger partial charge is 0.361 e. The number of hydrogen-bond donors (Lipinski definition) is 0. The van der Waals surface area contributed by atoms with E-state index in [2.05, 4.69) is 26.6 Å². The number of aryl methyl sites for hydroxylation is 1. The van der Waals surface area contributed by atoms with Gasteiger partial charge in [0, 0.05) is 38.8 Å². The number of likely N-dealkylation sites (N-methyl/N-ethyl adjacent to an activating group) is 1. The molecule has 29 heavy (non-hydrogen) atoms. The Hall–Kier alpha value is -2.51. The number of hydrogen-bond acceptors (Lipinski definition) is 5. The SMILES string of the molecule is Cc1cc(CN2CCC3(CC2)c2ncc(-c4ccc(F)cc4)n2CCN3C)no1. The molecule has 3 aromatic rings. The Morgan fingerprint density at radius 2 is 1.86 bits per heavy atom. The number of piperidine rings is 1. The van der Waals surface area contributed by atoms with E-state index in [0.29, 0.717) is 0 Å². The minimum Gasteiger partial charge on any atom is -0.361 e. The van der Waals surface area contributed by atoms with E-state index in [1.54, 1.807) is 0 Å². The summed E-state index contributed by atoms with van der Waals surface area (Å²) in [4.78, 5) is 9.79. The molecule has 0 saturated carbocycles. The lowest BCUT2D eigenvalue weighted by molar-refractivity contribution is 0.00651. The van der Waals surface area contributed by atoms with Gasteiger partial charge in [0.2, 0.25) is 0 Å². The van der Waals surface area contributed by atoms with E-state index in [4.69, 9.17) is 9.51 Å². The van der Waals surface area contributed by atoms with Crippen LogP contribution in [0.3, 0.4) is 0 Å². The Bertz CT molecular complexity index is 1000. The van der Waals surface area contributed by atoms with Gasteiger partial charge < -0.3 is 9.09 Å². The van der Waals surface area contributed by atoms with Crippen LogP contribution in [0.2, 0.25) is 0 Å². The molecule has 2 aliphatic heterocycles. The highest BCUT2D eigenvalue weighted by Gasteiger charge is 2.45. The molecule has 0 unspecified atom stereocenters. The summed E-state index contributed by atoms with van der Waals surface area (Å²) in [6, 6.07) is 8.73. The molecule has 0 aliphatic carbocycles. The van der Waals surface area contributed by atoms with Crippen LogP contribution in [0.5, 0.6) is 0 Å². The van der Waals surface area contributed by atoms with E-state index >= 15 is 0 Å². The van der Waals surface area contributed by atoms with Crippen LogP contribution in [0.15, 0.2) is 41.1 Å². The van der Waals surface area contributed by atoms with Gasteiger partial charge in [-0.3, -0.25) is 9.80 Å². The summed E-state index contributed by atoms with van der Waals surface area (Å²) in [5, 5.41) is 4.14. The first-order valence-corrected chi connectivity index (χ1v) is 10.2. The van der Waals surface area contributed by atoms with Gasteiger partial charge in [0.1, 0.15) is 17.4 Å². The number of likely N-dealkylation sites (tertiary alicyclic amines) is 1.